The van der Waals surface area contributed by atoms with E-state index in [4.69, 9.17) is 9.15 Å². The van der Waals surface area contributed by atoms with Crippen LogP contribution in [0.5, 0.6) is 11.5 Å². The molecule has 0 unspecified atom stereocenters. The Morgan fingerprint density at radius 1 is 0.418 bits per heavy atom. The predicted octanol–water partition coefficient (Wildman–Crippen LogP) is 14.2. The summed E-state index contributed by atoms with van der Waals surface area (Å²) in [4.78, 5) is 2.38. The van der Waals surface area contributed by atoms with Gasteiger partial charge in [0.2, 0.25) is 0 Å². The van der Waals surface area contributed by atoms with Gasteiger partial charge in [0, 0.05) is 50.4 Å². The summed E-state index contributed by atoms with van der Waals surface area (Å²) >= 11 is 0. The second kappa shape index (κ2) is 12.0. The molecule has 4 bridgehead atoms. The molecule has 1 aliphatic heterocycles. The topological polar surface area (TPSA) is 25.6 Å². The van der Waals surface area contributed by atoms with Crippen LogP contribution in [0.25, 0.3) is 44.2 Å². The first-order valence-corrected chi connectivity index (χ1v) is 20.1. The molecule has 1 spiro atoms. The highest BCUT2D eigenvalue weighted by Crippen LogP contribution is 2.69. The highest BCUT2D eigenvalue weighted by atomic mass is 16.5. The Balaban J connectivity index is 0.969. The van der Waals surface area contributed by atoms with Crippen LogP contribution in [0.3, 0.4) is 0 Å². The molecule has 5 aliphatic rings. The minimum Gasteiger partial charge on any atom is -0.457 e. The molecule has 4 fully saturated rings. The SMILES string of the molecule is c1ccc(-c2ccc(N(c3ccc(-c4ccc5c(c4)oc4ccccc45)cc3)c3ccc4c(c3)Oc3ccccc3C43C4CC5CC(C4)CC3C5)cc2)cc1. The molecule has 8 aromatic rings. The minimum absolute atomic E-state index is 0.0287. The van der Waals surface area contributed by atoms with E-state index in [1.54, 1.807) is 0 Å². The fraction of sp³-hybridized carbons (Fsp3) is 0.192. The van der Waals surface area contributed by atoms with Gasteiger partial charge >= 0.3 is 0 Å². The van der Waals surface area contributed by atoms with Crippen molar-refractivity contribution in [3.63, 3.8) is 0 Å². The van der Waals surface area contributed by atoms with Gasteiger partial charge in [-0.15, -0.1) is 0 Å². The molecule has 0 atom stereocenters. The van der Waals surface area contributed by atoms with Crippen molar-refractivity contribution in [2.24, 2.45) is 23.7 Å². The Morgan fingerprint density at radius 2 is 0.982 bits per heavy atom. The van der Waals surface area contributed by atoms with Crippen molar-refractivity contribution in [1.29, 1.82) is 0 Å². The molecule has 55 heavy (non-hydrogen) atoms. The highest BCUT2D eigenvalue weighted by Gasteiger charge is 2.61. The van der Waals surface area contributed by atoms with E-state index in [9.17, 15) is 0 Å². The van der Waals surface area contributed by atoms with Crippen LogP contribution < -0.4 is 9.64 Å². The molecule has 0 radical (unpaired) electrons. The number of hydrogen-bond acceptors (Lipinski definition) is 3. The number of rotatable bonds is 5. The first kappa shape index (κ1) is 31.3. The average Bonchev–Trinajstić information content (AvgIpc) is 3.61. The average molecular weight is 712 g/mol. The molecule has 13 rings (SSSR count). The number of fused-ring (bicyclic) bond motifs is 5. The third kappa shape index (κ3) is 4.75. The van der Waals surface area contributed by atoms with Gasteiger partial charge in [-0.05, 0) is 133 Å². The third-order valence-corrected chi connectivity index (χ3v) is 13.7. The molecular formula is C52H41NO2. The third-order valence-electron chi connectivity index (χ3n) is 13.7. The van der Waals surface area contributed by atoms with Crippen molar-refractivity contribution in [3.05, 3.63) is 175 Å². The zero-order valence-corrected chi connectivity index (χ0v) is 30.7. The summed E-state index contributed by atoms with van der Waals surface area (Å²) < 4.78 is 13.2. The van der Waals surface area contributed by atoms with E-state index in [1.807, 2.05) is 12.1 Å². The molecule has 4 saturated carbocycles. The molecule has 0 amide bonds. The monoisotopic (exact) mass is 711 g/mol. The van der Waals surface area contributed by atoms with Gasteiger partial charge in [-0.2, -0.15) is 0 Å². The lowest BCUT2D eigenvalue weighted by molar-refractivity contribution is -0.0452. The molecular weight excluding hydrogens is 671 g/mol. The molecule has 266 valence electrons. The van der Waals surface area contributed by atoms with Crippen LogP contribution in [0.2, 0.25) is 0 Å². The van der Waals surface area contributed by atoms with Crippen LogP contribution in [-0.2, 0) is 5.41 Å². The van der Waals surface area contributed by atoms with Crippen LogP contribution in [0.15, 0.2) is 168 Å². The van der Waals surface area contributed by atoms with E-state index in [-0.39, 0.29) is 5.41 Å². The Hall–Kier alpha value is -6.06. The standard InChI is InChI=1S/C52H41NO2/c1-2-8-35(9-3-1)36-14-19-41(20-15-36)53(42-21-16-37(17-22-42)38-18-24-45-44-10-4-6-12-48(44)54-50(45)31-38)43-23-25-47-51(32-43)55-49-13-7-5-11-46(49)52(47)39-27-33-26-34(29-39)30-40(52)28-33/h1-25,31-34,39-40H,26-30H2. The van der Waals surface area contributed by atoms with Gasteiger partial charge in [0.15, 0.2) is 0 Å². The fourth-order valence-corrected chi connectivity index (χ4v) is 11.6. The van der Waals surface area contributed by atoms with Gasteiger partial charge in [-0.25, -0.2) is 0 Å². The van der Waals surface area contributed by atoms with Gasteiger partial charge in [0.25, 0.3) is 0 Å². The van der Waals surface area contributed by atoms with Crippen LogP contribution in [0, 0.1) is 23.7 Å². The predicted molar refractivity (Wildman–Crippen MR) is 224 cm³/mol. The fourth-order valence-electron chi connectivity index (χ4n) is 11.6. The number of benzene rings is 7. The lowest BCUT2D eigenvalue weighted by Crippen LogP contribution is -2.56. The zero-order chi connectivity index (χ0) is 36.1. The van der Waals surface area contributed by atoms with Gasteiger partial charge in [-0.1, -0.05) is 103 Å². The van der Waals surface area contributed by atoms with E-state index >= 15 is 0 Å². The van der Waals surface area contributed by atoms with Crippen molar-refractivity contribution in [2.45, 2.75) is 37.5 Å². The summed E-state index contributed by atoms with van der Waals surface area (Å²) in [7, 11) is 0. The smallest absolute Gasteiger partial charge is 0.136 e. The van der Waals surface area contributed by atoms with Crippen molar-refractivity contribution in [1.82, 2.24) is 0 Å². The van der Waals surface area contributed by atoms with Crippen molar-refractivity contribution >= 4 is 39.0 Å². The number of hydrogen-bond donors (Lipinski definition) is 0. The molecule has 1 aromatic heterocycles. The highest BCUT2D eigenvalue weighted by molar-refractivity contribution is 6.05. The van der Waals surface area contributed by atoms with Crippen LogP contribution in [0.4, 0.5) is 17.1 Å². The zero-order valence-electron chi connectivity index (χ0n) is 30.7. The van der Waals surface area contributed by atoms with Crippen molar-refractivity contribution in [2.75, 3.05) is 4.90 Å². The largest absolute Gasteiger partial charge is 0.457 e. The number of nitrogens with zero attached hydrogens (tertiary/aromatic N) is 1. The van der Waals surface area contributed by atoms with E-state index in [2.05, 4.69) is 157 Å². The lowest BCUT2D eigenvalue weighted by Gasteiger charge is -2.63. The summed E-state index contributed by atoms with van der Waals surface area (Å²) in [6.45, 7) is 0. The second-order valence-electron chi connectivity index (χ2n) is 16.6. The molecule has 0 N–H and O–H groups in total. The first-order chi connectivity index (χ1) is 27.2. The van der Waals surface area contributed by atoms with Crippen LogP contribution in [-0.4, -0.2) is 0 Å². The maximum atomic E-state index is 6.95. The maximum Gasteiger partial charge on any atom is 0.136 e. The molecule has 4 aliphatic carbocycles. The summed E-state index contributed by atoms with van der Waals surface area (Å²) in [5.41, 5.74) is 12.7. The van der Waals surface area contributed by atoms with Crippen molar-refractivity contribution < 1.29 is 9.15 Å². The Morgan fingerprint density at radius 3 is 1.73 bits per heavy atom. The Bertz CT molecular complexity index is 2710. The van der Waals surface area contributed by atoms with Crippen LogP contribution in [0.1, 0.15) is 43.2 Å². The van der Waals surface area contributed by atoms with Crippen molar-refractivity contribution in [3.8, 4) is 33.8 Å². The Kier molecular flexibility index (Phi) is 6.81. The normalized spacial score (nSPS) is 23.1. The molecule has 2 heterocycles. The summed E-state index contributed by atoms with van der Waals surface area (Å²) in [6.07, 6.45) is 6.82. The molecule has 3 heteroatoms. The maximum absolute atomic E-state index is 6.95. The van der Waals surface area contributed by atoms with E-state index in [1.165, 1.54) is 54.4 Å². The molecule has 0 saturated heterocycles. The number of anilines is 3. The number of ether oxygens (including phenoxy) is 1. The van der Waals surface area contributed by atoms with Gasteiger partial charge in [-0.3, -0.25) is 0 Å². The van der Waals surface area contributed by atoms with E-state index in [0.29, 0.717) is 11.8 Å². The number of para-hydroxylation sites is 2. The van der Waals surface area contributed by atoms with E-state index < -0.39 is 0 Å². The lowest BCUT2D eigenvalue weighted by atomic mass is 9.42. The van der Waals surface area contributed by atoms with Gasteiger partial charge in [0.05, 0.1) is 0 Å². The quantitative estimate of drug-likeness (QED) is 0.178. The minimum atomic E-state index is 0.0287. The first-order valence-electron chi connectivity index (χ1n) is 20.1. The van der Waals surface area contributed by atoms with E-state index in [0.717, 1.165) is 73.5 Å². The molecule has 7 aromatic carbocycles. The summed E-state index contributed by atoms with van der Waals surface area (Å²) in [6, 6.07) is 59.5. The Labute approximate surface area is 321 Å². The number of furan rings is 1. The van der Waals surface area contributed by atoms with Gasteiger partial charge < -0.3 is 14.1 Å². The molecule has 3 nitrogen and oxygen atoms in total. The summed E-state index contributed by atoms with van der Waals surface area (Å²) in [5.74, 6) is 5.19. The second-order valence-corrected chi connectivity index (χ2v) is 16.6. The van der Waals surface area contributed by atoms with Gasteiger partial charge in [0.1, 0.15) is 22.7 Å². The van der Waals surface area contributed by atoms with Crippen LogP contribution >= 0.6 is 0 Å². The summed E-state index contributed by atoms with van der Waals surface area (Å²) in [5, 5.41) is 2.30.